The average Bonchev–Trinajstić information content (AvgIpc) is 2.72. The van der Waals surface area contributed by atoms with Crippen LogP contribution in [0, 0.1) is 0 Å². The van der Waals surface area contributed by atoms with Gasteiger partial charge in [0.05, 0.1) is 6.61 Å². The van der Waals surface area contributed by atoms with Crippen LogP contribution in [-0.4, -0.2) is 65.5 Å². The summed E-state index contributed by atoms with van der Waals surface area (Å²) in [4.78, 5) is 62.8. The predicted octanol–water partition coefficient (Wildman–Crippen LogP) is 1.32. The Bertz CT molecular complexity index is 880. The van der Waals surface area contributed by atoms with Crippen molar-refractivity contribution in [3.05, 3.63) is 35.9 Å². The Morgan fingerprint density at radius 1 is 1.15 bits per heavy atom. The van der Waals surface area contributed by atoms with Crippen LogP contribution in [0.5, 0.6) is 0 Å². The van der Waals surface area contributed by atoms with Crippen LogP contribution >= 0.6 is 0 Å². The second-order valence-electron chi connectivity index (χ2n) is 8.61. The van der Waals surface area contributed by atoms with Crippen molar-refractivity contribution in [3.8, 4) is 0 Å². The number of ether oxygens (including phenoxy) is 2. The number of hydrogen-bond donors (Lipinski definition) is 2. The molecular formula is C23H31N3O7. The zero-order valence-corrected chi connectivity index (χ0v) is 19.4. The van der Waals surface area contributed by atoms with Crippen molar-refractivity contribution in [3.63, 3.8) is 0 Å². The Balaban J connectivity index is 2.12. The number of rotatable bonds is 8. The smallest absolute Gasteiger partial charge is 0.408 e. The summed E-state index contributed by atoms with van der Waals surface area (Å²) in [6.45, 7) is 6.33. The van der Waals surface area contributed by atoms with Gasteiger partial charge < -0.3 is 20.1 Å². The zero-order valence-electron chi connectivity index (χ0n) is 19.4. The SMILES string of the molecule is CCOC(=O)CN1C(=O)CC[C@H](NC(=O)[C@H](Cc2ccccc2)NC(=O)OC(C)(C)C)C1=O. The lowest BCUT2D eigenvalue weighted by Crippen LogP contribution is -2.59. The van der Waals surface area contributed by atoms with Crippen molar-refractivity contribution in [1.29, 1.82) is 0 Å². The minimum absolute atomic E-state index is 0.0149. The lowest BCUT2D eigenvalue weighted by Gasteiger charge is -2.31. The van der Waals surface area contributed by atoms with Gasteiger partial charge in [0.25, 0.3) is 5.91 Å². The summed E-state index contributed by atoms with van der Waals surface area (Å²) in [6.07, 6.45) is -0.530. The van der Waals surface area contributed by atoms with E-state index in [1.165, 1.54) is 0 Å². The molecular weight excluding hydrogens is 430 g/mol. The zero-order chi connectivity index (χ0) is 24.6. The summed E-state index contributed by atoms with van der Waals surface area (Å²) in [5, 5.41) is 5.16. The molecule has 1 aromatic rings. The summed E-state index contributed by atoms with van der Waals surface area (Å²) in [6, 6.07) is 7.03. The van der Waals surface area contributed by atoms with Gasteiger partial charge in [0.15, 0.2) is 0 Å². The van der Waals surface area contributed by atoms with Crippen LogP contribution in [0.1, 0.15) is 46.1 Å². The molecule has 1 aliphatic heterocycles. The van der Waals surface area contributed by atoms with Crippen molar-refractivity contribution in [2.24, 2.45) is 0 Å². The van der Waals surface area contributed by atoms with Gasteiger partial charge in [0.1, 0.15) is 24.2 Å². The molecule has 10 nitrogen and oxygen atoms in total. The van der Waals surface area contributed by atoms with Crippen LogP contribution in [0.25, 0.3) is 0 Å². The van der Waals surface area contributed by atoms with Gasteiger partial charge in [-0.3, -0.25) is 24.1 Å². The van der Waals surface area contributed by atoms with E-state index in [2.05, 4.69) is 10.6 Å². The van der Waals surface area contributed by atoms with Crippen molar-refractivity contribution in [2.45, 2.75) is 64.6 Å². The van der Waals surface area contributed by atoms with Crippen LogP contribution in [0.2, 0.25) is 0 Å². The number of imide groups is 1. The summed E-state index contributed by atoms with van der Waals surface area (Å²) in [5.41, 5.74) is 0.0355. The van der Waals surface area contributed by atoms with Gasteiger partial charge in [-0.1, -0.05) is 30.3 Å². The third kappa shape index (κ3) is 8.21. The molecule has 180 valence electrons. The van der Waals surface area contributed by atoms with E-state index >= 15 is 0 Å². The molecule has 0 unspecified atom stereocenters. The monoisotopic (exact) mass is 461 g/mol. The van der Waals surface area contributed by atoms with Crippen LogP contribution in [0.3, 0.4) is 0 Å². The highest BCUT2D eigenvalue weighted by Crippen LogP contribution is 2.15. The van der Waals surface area contributed by atoms with Crippen molar-refractivity contribution in [2.75, 3.05) is 13.2 Å². The molecule has 2 rings (SSSR count). The Labute approximate surface area is 193 Å². The van der Waals surface area contributed by atoms with Crippen LogP contribution in [0.15, 0.2) is 30.3 Å². The maximum absolute atomic E-state index is 13.0. The highest BCUT2D eigenvalue weighted by molar-refractivity contribution is 6.04. The highest BCUT2D eigenvalue weighted by atomic mass is 16.6. The molecule has 0 spiro atoms. The Kier molecular flexibility index (Phi) is 8.95. The van der Waals surface area contributed by atoms with E-state index in [1.807, 2.05) is 18.2 Å². The summed E-state index contributed by atoms with van der Waals surface area (Å²) in [5.74, 6) is -2.51. The van der Waals surface area contributed by atoms with Gasteiger partial charge in [-0.05, 0) is 39.7 Å². The van der Waals surface area contributed by atoms with E-state index in [4.69, 9.17) is 9.47 Å². The van der Waals surface area contributed by atoms with E-state index in [0.717, 1.165) is 10.5 Å². The van der Waals surface area contributed by atoms with Crippen LogP contribution in [0.4, 0.5) is 4.79 Å². The minimum Gasteiger partial charge on any atom is -0.465 e. The molecule has 2 N–H and O–H groups in total. The van der Waals surface area contributed by atoms with E-state index < -0.39 is 54.0 Å². The van der Waals surface area contributed by atoms with Gasteiger partial charge >= 0.3 is 12.1 Å². The molecule has 0 radical (unpaired) electrons. The first-order chi connectivity index (χ1) is 15.5. The first kappa shape index (κ1) is 25.8. The van der Waals surface area contributed by atoms with Gasteiger partial charge in [-0.2, -0.15) is 0 Å². The van der Waals surface area contributed by atoms with Gasteiger partial charge in [0.2, 0.25) is 11.8 Å². The van der Waals surface area contributed by atoms with Crippen molar-refractivity contribution in [1.82, 2.24) is 15.5 Å². The standard InChI is InChI=1S/C23H31N3O7/c1-5-32-19(28)14-26-18(27)12-11-16(21(26)30)24-20(29)17(13-15-9-7-6-8-10-15)25-22(31)33-23(2,3)4/h6-10,16-17H,5,11-14H2,1-4H3,(H,24,29)(H,25,31)/t16-,17-/m0/s1. The van der Waals surface area contributed by atoms with E-state index in [1.54, 1.807) is 39.8 Å². The quantitative estimate of drug-likeness (QED) is 0.441. The molecule has 0 aromatic heterocycles. The summed E-state index contributed by atoms with van der Waals surface area (Å²) in [7, 11) is 0. The molecule has 1 aliphatic rings. The Morgan fingerprint density at radius 3 is 2.42 bits per heavy atom. The number of carbonyl (C=O) groups is 5. The van der Waals surface area contributed by atoms with Gasteiger partial charge in [0, 0.05) is 12.8 Å². The molecule has 0 saturated carbocycles. The highest BCUT2D eigenvalue weighted by Gasteiger charge is 2.38. The van der Waals surface area contributed by atoms with E-state index in [9.17, 15) is 24.0 Å². The van der Waals surface area contributed by atoms with Crippen molar-refractivity contribution < 1.29 is 33.4 Å². The topological polar surface area (TPSA) is 131 Å². The normalized spacial score (nSPS) is 17.2. The number of piperidine rings is 1. The number of amides is 4. The third-order valence-corrected chi connectivity index (χ3v) is 4.71. The summed E-state index contributed by atoms with van der Waals surface area (Å²) >= 11 is 0. The first-order valence-corrected chi connectivity index (χ1v) is 10.8. The first-order valence-electron chi connectivity index (χ1n) is 10.8. The number of likely N-dealkylation sites (tertiary alicyclic amines) is 1. The third-order valence-electron chi connectivity index (χ3n) is 4.71. The maximum atomic E-state index is 13.0. The maximum Gasteiger partial charge on any atom is 0.408 e. The minimum atomic E-state index is -1.02. The number of nitrogens with zero attached hydrogens (tertiary/aromatic N) is 1. The predicted molar refractivity (Wildman–Crippen MR) is 118 cm³/mol. The molecule has 1 saturated heterocycles. The largest absolute Gasteiger partial charge is 0.465 e. The number of carbonyl (C=O) groups excluding carboxylic acids is 5. The molecule has 0 bridgehead atoms. The molecule has 4 amide bonds. The number of alkyl carbamates (subject to hydrolysis) is 1. The Hall–Kier alpha value is -3.43. The fourth-order valence-corrected chi connectivity index (χ4v) is 3.25. The van der Waals surface area contributed by atoms with Crippen molar-refractivity contribution >= 4 is 29.8 Å². The van der Waals surface area contributed by atoms with Crippen LogP contribution in [-0.2, 0) is 35.1 Å². The van der Waals surface area contributed by atoms with Gasteiger partial charge in [-0.25, -0.2) is 4.79 Å². The fourth-order valence-electron chi connectivity index (χ4n) is 3.25. The second-order valence-corrected chi connectivity index (χ2v) is 8.61. The lowest BCUT2D eigenvalue weighted by molar-refractivity contribution is -0.158. The summed E-state index contributed by atoms with van der Waals surface area (Å²) < 4.78 is 10.1. The average molecular weight is 462 g/mol. The van der Waals surface area contributed by atoms with Crippen LogP contribution < -0.4 is 10.6 Å². The number of esters is 1. The van der Waals surface area contributed by atoms with E-state index in [-0.39, 0.29) is 25.9 Å². The second kappa shape index (κ2) is 11.4. The molecule has 10 heteroatoms. The van der Waals surface area contributed by atoms with Gasteiger partial charge in [-0.15, -0.1) is 0 Å². The van der Waals surface area contributed by atoms with E-state index in [0.29, 0.717) is 0 Å². The fraction of sp³-hybridized carbons (Fsp3) is 0.522. The molecule has 2 atom stereocenters. The molecule has 1 fully saturated rings. The number of nitrogens with one attached hydrogen (secondary N) is 2. The molecule has 33 heavy (non-hydrogen) atoms. The number of benzene rings is 1. The Morgan fingerprint density at radius 2 is 1.82 bits per heavy atom. The number of hydrogen-bond acceptors (Lipinski definition) is 7. The molecule has 1 heterocycles. The molecule has 0 aliphatic carbocycles. The lowest BCUT2D eigenvalue weighted by atomic mass is 10.0. The molecule has 1 aromatic carbocycles.